The zero-order valence-corrected chi connectivity index (χ0v) is 19.7. The standard InChI is InChI=1S/C25H23N3O5S/c1-16-7-10-20(11-8-16)34(31,32)22-14-28(25-21(24(22)30)12-9-17(2)26-25)15-23(29)27-18-5-4-6-19(13-18)33-3/h4-14H,15H2,1-3H3,(H,27,29). The zero-order chi connectivity index (χ0) is 24.5. The molecule has 0 fully saturated rings. The highest BCUT2D eigenvalue weighted by Gasteiger charge is 2.25. The highest BCUT2D eigenvalue weighted by atomic mass is 32.2. The van der Waals surface area contributed by atoms with Gasteiger partial charge in [0.1, 0.15) is 22.8 Å². The fraction of sp³-hybridized carbons (Fsp3) is 0.160. The van der Waals surface area contributed by atoms with Crippen molar-refractivity contribution in [1.82, 2.24) is 9.55 Å². The highest BCUT2D eigenvalue weighted by molar-refractivity contribution is 7.91. The molecule has 0 aliphatic rings. The quantitative estimate of drug-likeness (QED) is 0.456. The molecule has 1 amide bonds. The predicted octanol–water partition coefficient (Wildman–Crippen LogP) is 3.49. The molecule has 8 nitrogen and oxygen atoms in total. The second-order valence-electron chi connectivity index (χ2n) is 7.87. The van der Waals surface area contributed by atoms with Gasteiger partial charge in [0, 0.05) is 23.6 Å². The molecule has 1 N–H and O–H groups in total. The van der Waals surface area contributed by atoms with E-state index in [1.54, 1.807) is 49.4 Å². The van der Waals surface area contributed by atoms with Gasteiger partial charge >= 0.3 is 0 Å². The molecule has 0 spiro atoms. The first kappa shape index (κ1) is 23.2. The van der Waals surface area contributed by atoms with E-state index in [1.165, 1.54) is 36.1 Å². The fourth-order valence-electron chi connectivity index (χ4n) is 3.55. The number of carbonyl (C=O) groups excluding carboxylic acids is 1. The molecule has 0 aliphatic heterocycles. The maximum Gasteiger partial charge on any atom is 0.244 e. The van der Waals surface area contributed by atoms with Crippen LogP contribution in [0.2, 0.25) is 0 Å². The lowest BCUT2D eigenvalue weighted by molar-refractivity contribution is -0.116. The van der Waals surface area contributed by atoms with E-state index in [2.05, 4.69) is 10.3 Å². The number of aromatic nitrogens is 2. The van der Waals surface area contributed by atoms with E-state index in [-0.39, 0.29) is 22.5 Å². The molecule has 9 heteroatoms. The Balaban J connectivity index is 1.80. The van der Waals surface area contributed by atoms with E-state index in [4.69, 9.17) is 4.74 Å². The lowest BCUT2D eigenvalue weighted by Gasteiger charge is -2.14. The van der Waals surface area contributed by atoms with E-state index in [0.717, 1.165) is 5.56 Å². The van der Waals surface area contributed by atoms with E-state index in [1.807, 2.05) is 6.92 Å². The number of carbonyl (C=O) groups is 1. The second-order valence-corrected chi connectivity index (χ2v) is 9.79. The summed E-state index contributed by atoms with van der Waals surface area (Å²) in [5.74, 6) is 0.163. The van der Waals surface area contributed by atoms with Gasteiger partial charge in [-0.3, -0.25) is 9.59 Å². The van der Waals surface area contributed by atoms with Crippen molar-refractivity contribution in [1.29, 1.82) is 0 Å². The predicted molar refractivity (Wildman–Crippen MR) is 129 cm³/mol. The smallest absolute Gasteiger partial charge is 0.244 e. The van der Waals surface area contributed by atoms with Gasteiger partial charge in [-0.25, -0.2) is 13.4 Å². The lowest BCUT2D eigenvalue weighted by Crippen LogP contribution is -2.24. The van der Waals surface area contributed by atoms with Gasteiger partial charge in [0.25, 0.3) is 0 Å². The number of anilines is 1. The first-order chi connectivity index (χ1) is 16.2. The Labute approximate surface area is 196 Å². The fourth-order valence-corrected chi connectivity index (χ4v) is 4.91. The number of rotatable bonds is 6. The van der Waals surface area contributed by atoms with E-state index in [0.29, 0.717) is 17.1 Å². The minimum atomic E-state index is -4.12. The summed E-state index contributed by atoms with van der Waals surface area (Å²) >= 11 is 0. The number of sulfone groups is 1. The normalized spacial score (nSPS) is 11.4. The van der Waals surface area contributed by atoms with Gasteiger partial charge in [-0.05, 0) is 50.2 Å². The summed E-state index contributed by atoms with van der Waals surface area (Å²) in [6.07, 6.45) is 1.19. The minimum absolute atomic E-state index is 0.00185. The average molecular weight is 478 g/mol. The highest BCUT2D eigenvalue weighted by Crippen LogP contribution is 2.22. The van der Waals surface area contributed by atoms with Crippen molar-refractivity contribution in [3.63, 3.8) is 0 Å². The third-order valence-corrected chi connectivity index (χ3v) is 7.08. The van der Waals surface area contributed by atoms with Crippen molar-refractivity contribution in [3.8, 4) is 5.75 Å². The van der Waals surface area contributed by atoms with Gasteiger partial charge in [-0.2, -0.15) is 0 Å². The van der Waals surface area contributed by atoms with Gasteiger partial charge in [0.05, 0.1) is 17.4 Å². The number of fused-ring (bicyclic) bond motifs is 1. The molecule has 0 aliphatic carbocycles. The monoisotopic (exact) mass is 477 g/mol. The Morgan fingerprint density at radius 2 is 1.79 bits per heavy atom. The van der Waals surface area contributed by atoms with Crippen molar-refractivity contribution in [2.45, 2.75) is 30.2 Å². The van der Waals surface area contributed by atoms with Crippen molar-refractivity contribution in [2.24, 2.45) is 0 Å². The summed E-state index contributed by atoms with van der Waals surface area (Å²) in [6, 6.07) is 16.3. The molecular formula is C25H23N3O5S. The average Bonchev–Trinajstić information content (AvgIpc) is 2.81. The SMILES string of the molecule is COc1cccc(NC(=O)Cn2cc(S(=O)(=O)c3ccc(C)cc3)c(=O)c3ccc(C)nc32)c1. The Morgan fingerprint density at radius 3 is 2.50 bits per heavy atom. The minimum Gasteiger partial charge on any atom is -0.497 e. The summed E-state index contributed by atoms with van der Waals surface area (Å²) in [5.41, 5.74) is 1.61. The number of nitrogens with zero attached hydrogens (tertiary/aromatic N) is 2. The number of methoxy groups -OCH3 is 1. The maximum atomic E-state index is 13.3. The molecule has 0 saturated heterocycles. The number of ether oxygens (including phenoxy) is 1. The molecular weight excluding hydrogens is 454 g/mol. The number of amides is 1. The summed E-state index contributed by atoms with van der Waals surface area (Å²) in [5, 5.41) is 2.88. The molecule has 0 unspecified atom stereocenters. The molecule has 0 bridgehead atoms. The Hall–Kier alpha value is -3.98. The molecule has 4 rings (SSSR count). The zero-order valence-electron chi connectivity index (χ0n) is 18.9. The molecule has 0 saturated carbocycles. The van der Waals surface area contributed by atoms with Crippen molar-refractivity contribution < 1.29 is 17.9 Å². The Morgan fingerprint density at radius 1 is 1.06 bits per heavy atom. The summed E-state index contributed by atoms with van der Waals surface area (Å²) in [7, 11) is -2.60. The van der Waals surface area contributed by atoms with Crippen molar-refractivity contribution >= 4 is 32.5 Å². The number of hydrogen-bond donors (Lipinski definition) is 1. The first-order valence-corrected chi connectivity index (χ1v) is 11.9. The lowest BCUT2D eigenvalue weighted by atomic mass is 10.2. The summed E-state index contributed by atoms with van der Waals surface area (Å²) in [4.78, 5) is 30.0. The number of pyridine rings is 2. The van der Waals surface area contributed by atoms with E-state index >= 15 is 0 Å². The molecule has 0 atom stereocenters. The molecule has 2 aromatic carbocycles. The van der Waals surface area contributed by atoms with Crippen LogP contribution in [-0.2, 0) is 21.2 Å². The third-order valence-electron chi connectivity index (χ3n) is 5.32. The number of nitrogens with one attached hydrogen (secondary N) is 1. The van der Waals surface area contributed by atoms with Crippen LogP contribution in [0.15, 0.2) is 81.4 Å². The van der Waals surface area contributed by atoms with Crippen LogP contribution in [-0.4, -0.2) is 31.0 Å². The largest absolute Gasteiger partial charge is 0.497 e. The summed E-state index contributed by atoms with van der Waals surface area (Å²) < 4.78 is 33.2. The molecule has 2 heterocycles. The Kier molecular flexibility index (Phi) is 6.21. The van der Waals surface area contributed by atoms with Gasteiger partial charge in [0.2, 0.25) is 21.2 Å². The molecule has 4 aromatic rings. The number of aryl methyl sites for hydroxylation is 2. The van der Waals surface area contributed by atoms with Crippen LogP contribution in [0.25, 0.3) is 11.0 Å². The maximum absolute atomic E-state index is 13.3. The van der Waals surface area contributed by atoms with Crippen LogP contribution in [0.5, 0.6) is 5.75 Å². The van der Waals surface area contributed by atoms with Crippen LogP contribution in [0, 0.1) is 13.8 Å². The Bertz CT molecular complexity index is 1560. The van der Waals surface area contributed by atoms with Gasteiger partial charge < -0.3 is 14.6 Å². The second kappa shape index (κ2) is 9.11. The number of hydrogen-bond acceptors (Lipinski definition) is 6. The van der Waals surface area contributed by atoms with Crippen LogP contribution < -0.4 is 15.5 Å². The van der Waals surface area contributed by atoms with Crippen LogP contribution in [0.3, 0.4) is 0 Å². The topological polar surface area (TPSA) is 107 Å². The van der Waals surface area contributed by atoms with Crippen LogP contribution >= 0.6 is 0 Å². The molecule has 34 heavy (non-hydrogen) atoms. The first-order valence-electron chi connectivity index (χ1n) is 10.5. The number of benzene rings is 2. The molecule has 0 radical (unpaired) electrons. The van der Waals surface area contributed by atoms with E-state index < -0.39 is 26.1 Å². The van der Waals surface area contributed by atoms with Crippen molar-refractivity contribution in [3.05, 3.63) is 88.3 Å². The van der Waals surface area contributed by atoms with E-state index in [9.17, 15) is 18.0 Å². The van der Waals surface area contributed by atoms with Crippen LogP contribution in [0.4, 0.5) is 5.69 Å². The molecule has 2 aromatic heterocycles. The van der Waals surface area contributed by atoms with Crippen LogP contribution in [0.1, 0.15) is 11.3 Å². The third kappa shape index (κ3) is 4.55. The molecule has 174 valence electrons. The van der Waals surface area contributed by atoms with Gasteiger partial charge in [-0.1, -0.05) is 23.8 Å². The van der Waals surface area contributed by atoms with Crippen molar-refractivity contribution in [2.75, 3.05) is 12.4 Å². The van der Waals surface area contributed by atoms with Gasteiger partial charge in [0.15, 0.2) is 0 Å². The van der Waals surface area contributed by atoms with Gasteiger partial charge in [-0.15, -0.1) is 0 Å². The summed E-state index contributed by atoms with van der Waals surface area (Å²) in [6.45, 7) is 3.34.